The van der Waals surface area contributed by atoms with E-state index in [-0.39, 0.29) is 11.9 Å². The first kappa shape index (κ1) is 15.4. The van der Waals surface area contributed by atoms with Gasteiger partial charge in [0.05, 0.1) is 0 Å². The van der Waals surface area contributed by atoms with Crippen LogP contribution in [0.3, 0.4) is 0 Å². The molecule has 0 radical (unpaired) electrons. The Labute approximate surface area is 114 Å². The zero-order valence-corrected chi connectivity index (χ0v) is 11.6. The van der Waals surface area contributed by atoms with Gasteiger partial charge in [-0.25, -0.2) is 5.84 Å². The standard InChI is InChI=1S/C13H23N5O/c1-3-4-5-6-7-10(2)15-13(19)11-8-9-12(16-14)18-17-11/h8-10H,3-7,14H2,1-2H3,(H,15,19)(H,16,18). The van der Waals surface area contributed by atoms with Crippen LogP contribution in [0.4, 0.5) is 5.82 Å². The van der Waals surface area contributed by atoms with Gasteiger partial charge >= 0.3 is 0 Å². The highest BCUT2D eigenvalue weighted by Gasteiger charge is 2.11. The SMILES string of the molecule is CCCCCCC(C)NC(=O)c1ccc(NN)nn1. The molecule has 6 heteroatoms. The van der Waals surface area contributed by atoms with Gasteiger partial charge in [0.15, 0.2) is 11.5 Å². The lowest BCUT2D eigenvalue weighted by Gasteiger charge is -2.13. The molecule has 0 aliphatic carbocycles. The fraction of sp³-hybridized carbons (Fsp3) is 0.615. The van der Waals surface area contributed by atoms with E-state index >= 15 is 0 Å². The number of nitrogen functional groups attached to an aromatic ring is 1. The molecule has 1 heterocycles. The number of amides is 1. The maximum Gasteiger partial charge on any atom is 0.272 e. The van der Waals surface area contributed by atoms with E-state index in [9.17, 15) is 4.79 Å². The number of nitrogens with zero attached hydrogens (tertiary/aromatic N) is 2. The highest BCUT2D eigenvalue weighted by molar-refractivity contribution is 5.92. The molecular formula is C13H23N5O. The first-order valence-corrected chi connectivity index (χ1v) is 6.78. The molecule has 1 unspecified atom stereocenters. The minimum Gasteiger partial charge on any atom is -0.348 e. The summed E-state index contributed by atoms with van der Waals surface area (Å²) in [6.45, 7) is 4.19. The van der Waals surface area contributed by atoms with Crippen LogP contribution in [0.5, 0.6) is 0 Å². The number of aromatic nitrogens is 2. The molecule has 4 N–H and O–H groups in total. The molecule has 106 valence electrons. The topological polar surface area (TPSA) is 92.9 Å². The number of hydrogen-bond donors (Lipinski definition) is 3. The highest BCUT2D eigenvalue weighted by atomic mass is 16.2. The van der Waals surface area contributed by atoms with E-state index in [1.54, 1.807) is 12.1 Å². The Bertz CT molecular complexity index is 379. The van der Waals surface area contributed by atoms with Crippen molar-refractivity contribution in [3.05, 3.63) is 17.8 Å². The molecule has 0 aliphatic rings. The lowest BCUT2D eigenvalue weighted by atomic mass is 10.1. The lowest BCUT2D eigenvalue weighted by molar-refractivity contribution is 0.0932. The van der Waals surface area contributed by atoms with Gasteiger partial charge in [-0.1, -0.05) is 32.6 Å². The van der Waals surface area contributed by atoms with Crippen molar-refractivity contribution >= 4 is 11.7 Å². The monoisotopic (exact) mass is 265 g/mol. The number of carbonyl (C=O) groups is 1. The highest BCUT2D eigenvalue weighted by Crippen LogP contribution is 2.06. The molecule has 0 bridgehead atoms. The van der Waals surface area contributed by atoms with E-state index in [0.717, 1.165) is 12.8 Å². The molecule has 1 aromatic rings. The van der Waals surface area contributed by atoms with Crippen LogP contribution < -0.4 is 16.6 Å². The van der Waals surface area contributed by atoms with Crippen molar-refractivity contribution in [2.24, 2.45) is 5.84 Å². The van der Waals surface area contributed by atoms with Gasteiger partial charge in [0, 0.05) is 6.04 Å². The number of anilines is 1. The summed E-state index contributed by atoms with van der Waals surface area (Å²) < 4.78 is 0. The fourth-order valence-corrected chi connectivity index (χ4v) is 1.78. The first-order chi connectivity index (χ1) is 9.17. The Hall–Kier alpha value is -1.69. The maximum absolute atomic E-state index is 11.9. The molecule has 1 amide bonds. The molecule has 0 aromatic carbocycles. The van der Waals surface area contributed by atoms with Gasteiger partial charge < -0.3 is 10.7 Å². The van der Waals surface area contributed by atoms with Crippen molar-refractivity contribution in [3.8, 4) is 0 Å². The zero-order chi connectivity index (χ0) is 14.1. The lowest BCUT2D eigenvalue weighted by Crippen LogP contribution is -2.33. The number of unbranched alkanes of at least 4 members (excludes halogenated alkanes) is 3. The van der Waals surface area contributed by atoms with Crippen LogP contribution in [0.1, 0.15) is 56.4 Å². The predicted molar refractivity (Wildman–Crippen MR) is 75.5 cm³/mol. The molecule has 1 atom stereocenters. The average Bonchev–Trinajstić information content (AvgIpc) is 2.43. The molecule has 0 aliphatic heterocycles. The second kappa shape index (κ2) is 8.42. The molecule has 19 heavy (non-hydrogen) atoms. The summed E-state index contributed by atoms with van der Waals surface area (Å²) in [5, 5.41) is 10.5. The number of nitrogens with two attached hydrogens (primary N) is 1. The van der Waals surface area contributed by atoms with Gasteiger partial charge in [0.25, 0.3) is 5.91 Å². The number of hydrogen-bond acceptors (Lipinski definition) is 5. The van der Waals surface area contributed by atoms with E-state index in [1.807, 2.05) is 6.92 Å². The quantitative estimate of drug-likeness (QED) is 0.379. The van der Waals surface area contributed by atoms with Crippen LogP contribution in [0.15, 0.2) is 12.1 Å². The average molecular weight is 265 g/mol. The van der Waals surface area contributed by atoms with E-state index in [4.69, 9.17) is 5.84 Å². The number of carbonyl (C=O) groups excluding carboxylic acids is 1. The second-order valence-corrected chi connectivity index (χ2v) is 4.67. The molecule has 0 saturated carbocycles. The molecule has 0 fully saturated rings. The smallest absolute Gasteiger partial charge is 0.272 e. The van der Waals surface area contributed by atoms with Crippen LogP contribution in [0, 0.1) is 0 Å². The summed E-state index contributed by atoms with van der Waals surface area (Å²) in [7, 11) is 0. The predicted octanol–water partition coefficient (Wildman–Crippen LogP) is 1.85. The molecule has 1 rings (SSSR count). The third-order valence-electron chi connectivity index (χ3n) is 2.91. The largest absolute Gasteiger partial charge is 0.348 e. The zero-order valence-electron chi connectivity index (χ0n) is 11.6. The second-order valence-electron chi connectivity index (χ2n) is 4.67. The Morgan fingerprint density at radius 2 is 2.11 bits per heavy atom. The number of nitrogens with one attached hydrogen (secondary N) is 2. The Kier molecular flexibility index (Phi) is 6.81. The normalized spacial score (nSPS) is 11.9. The molecule has 1 aromatic heterocycles. The molecule has 0 spiro atoms. The first-order valence-electron chi connectivity index (χ1n) is 6.78. The summed E-state index contributed by atoms with van der Waals surface area (Å²) in [4.78, 5) is 11.9. The van der Waals surface area contributed by atoms with Crippen molar-refractivity contribution in [2.45, 2.75) is 52.0 Å². The maximum atomic E-state index is 11.9. The summed E-state index contributed by atoms with van der Waals surface area (Å²) in [6, 6.07) is 3.37. The van der Waals surface area contributed by atoms with Crippen molar-refractivity contribution in [2.75, 3.05) is 5.43 Å². The Balaban J connectivity index is 2.36. The third kappa shape index (κ3) is 5.65. The van der Waals surface area contributed by atoms with Crippen LogP contribution in [-0.4, -0.2) is 22.1 Å². The molecular weight excluding hydrogens is 242 g/mol. The summed E-state index contributed by atoms with van der Waals surface area (Å²) in [5.41, 5.74) is 2.67. The van der Waals surface area contributed by atoms with Crippen LogP contribution >= 0.6 is 0 Å². The van der Waals surface area contributed by atoms with Crippen LogP contribution in [-0.2, 0) is 0 Å². The summed E-state index contributed by atoms with van der Waals surface area (Å²) in [5.74, 6) is 5.42. The number of hydrazine groups is 1. The van der Waals surface area contributed by atoms with Gasteiger partial charge in [0.1, 0.15) is 0 Å². The Morgan fingerprint density at radius 1 is 1.32 bits per heavy atom. The van der Waals surface area contributed by atoms with Gasteiger partial charge in [0.2, 0.25) is 0 Å². The third-order valence-corrected chi connectivity index (χ3v) is 2.91. The van der Waals surface area contributed by atoms with E-state index in [1.165, 1.54) is 19.3 Å². The van der Waals surface area contributed by atoms with Crippen molar-refractivity contribution < 1.29 is 4.79 Å². The van der Waals surface area contributed by atoms with Crippen LogP contribution in [0.2, 0.25) is 0 Å². The minimum atomic E-state index is -0.195. The van der Waals surface area contributed by atoms with Gasteiger partial charge in [-0.2, -0.15) is 0 Å². The van der Waals surface area contributed by atoms with E-state index in [2.05, 4.69) is 27.9 Å². The molecule has 0 saturated heterocycles. The van der Waals surface area contributed by atoms with Crippen molar-refractivity contribution in [1.29, 1.82) is 0 Å². The number of rotatable bonds is 8. The summed E-state index contributed by atoms with van der Waals surface area (Å²) in [6.07, 6.45) is 5.81. The van der Waals surface area contributed by atoms with Crippen molar-refractivity contribution in [3.63, 3.8) is 0 Å². The van der Waals surface area contributed by atoms with E-state index in [0.29, 0.717) is 11.5 Å². The fourth-order valence-electron chi connectivity index (χ4n) is 1.78. The Morgan fingerprint density at radius 3 is 2.68 bits per heavy atom. The summed E-state index contributed by atoms with van der Waals surface area (Å²) >= 11 is 0. The van der Waals surface area contributed by atoms with Gasteiger partial charge in [-0.15, -0.1) is 10.2 Å². The minimum absolute atomic E-state index is 0.151. The molecule has 6 nitrogen and oxygen atoms in total. The van der Waals surface area contributed by atoms with Gasteiger partial charge in [-0.05, 0) is 25.5 Å². The van der Waals surface area contributed by atoms with Crippen LogP contribution in [0.25, 0.3) is 0 Å². The van der Waals surface area contributed by atoms with Crippen molar-refractivity contribution in [1.82, 2.24) is 15.5 Å². The van der Waals surface area contributed by atoms with E-state index < -0.39 is 0 Å². The van der Waals surface area contributed by atoms with Gasteiger partial charge in [-0.3, -0.25) is 4.79 Å².